The Hall–Kier alpha value is -5.06. The van der Waals surface area contributed by atoms with Gasteiger partial charge in [-0.1, -0.05) is 0 Å². The van der Waals surface area contributed by atoms with Crippen molar-refractivity contribution >= 4 is 55.4 Å². The normalized spacial score (nSPS) is 13.7. The van der Waals surface area contributed by atoms with Gasteiger partial charge in [-0.3, -0.25) is 0 Å². The zero-order valence-electron chi connectivity index (χ0n) is 20.6. The van der Waals surface area contributed by atoms with Crippen molar-refractivity contribution in [2.75, 3.05) is 0 Å². The third-order valence-corrected chi connectivity index (χ3v) is 6.08. The van der Waals surface area contributed by atoms with Gasteiger partial charge in [-0.25, -0.2) is 57.4 Å². The Morgan fingerprint density at radius 3 is 0.717 bits per heavy atom. The van der Waals surface area contributed by atoms with Gasteiger partial charge in [0.2, 0.25) is 0 Å². The first-order chi connectivity index (χ1) is 21.0. The van der Waals surface area contributed by atoms with Crippen molar-refractivity contribution in [1.29, 1.82) is 0 Å². The van der Waals surface area contributed by atoms with Crippen LogP contribution >= 0.6 is 0 Å². The van der Waals surface area contributed by atoms with E-state index >= 15 is 8.78 Å². The van der Waals surface area contributed by atoms with Crippen LogP contribution in [0, 0.1) is 23.3 Å². The minimum absolute atomic E-state index is 1.19. The Morgan fingerprint density at radius 2 is 0.500 bits per heavy atom. The van der Waals surface area contributed by atoms with Gasteiger partial charge in [-0.2, -0.15) is 52.7 Å². The molecule has 240 valence electrons. The number of rotatable bonds is 0. The highest BCUT2D eigenvalue weighted by Crippen LogP contribution is 2.42. The van der Waals surface area contributed by atoms with E-state index in [9.17, 15) is 61.5 Å². The Balaban J connectivity index is 1.89. The Morgan fingerprint density at radius 1 is 0.283 bits per heavy atom. The molecule has 0 saturated heterocycles. The van der Waals surface area contributed by atoms with Crippen molar-refractivity contribution in [2.45, 2.75) is 24.7 Å². The van der Waals surface area contributed by atoms with Gasteiger partial charge in [-0.05, 0) is 0 Å². The number of alkyl halides is 12. The molecule has 4 aromatic heterocycles. The predicted molar refractivity (Wildman–Crippen MR) is 116 cm³/mol. The summed E-state index contributed by atoms with van der Waals surface area (Å²) in [7, 11) is 0. The Labute approximate surface area is 237 Å². The molecule has 4 heterocycles. The maximum absolute atomic E-state index is 15.1. The predicted octanol–water partition coefficient (Wildman–Crippen LogP) is 7.24. The number of halogens is 16. The monoisotopic (exact) mass is 680 g/mol. The van der Waals surface area contributed by atoms with E-state index < -0.39 is 126 Å². The number of fused-ring (bicyclic) bond motifs is 8. The fraction of sp³-hybridized carbons (Fsp3) is 0.182. The van der Waals surface area contributed by atoms with Crippen molar-refractivity contribution in [1.82, 2.24) is 39.9 Å². The molecule has 6 rings (SSSR count). The summed E-state index contributed by atoms with van der Waals surface area (Å²) in [6.07, 6.45) is -23.4. The quantitative estimate of drug-likeness (QED) is 0.0544. The van der Waals surface area contributed by atoms with E-state index in [2.05, 4.69) is 39.9 Å². The number of hydrogen-bond donors (Lipinski definition) is 0. The molecule has 0 saturated carbocycles. The fourth-order valence-electron chi connectivity index (χ4n) is 4.32. The average molecular weight is 680 g/mol. The van der Waals surface area contributed by atoms with Gasteiger partial charge in [0.15, 0.2) is 68.6 Å². The largest absolute Gasteiger partial charge is 0.435 e. The first-order valence-electron chi connectivity index (χ1n) is 11.4. The molecule has 24 heteroatoms. The molecule has 2 aromatic carbocycles. The molecular formula is C22F16N8. The van der Waals surface area contributed by atoms with Crippen molar-refractivity contribution < 1.29 is 70.2 Å². The first kappa shape index (κ1) is 30.9. The van der Waals surface area contributed by atoms with Crippen molar-refractivity contribution in [3.63, 3.8) is 0 Å². The minimum Gasteiger partial charge on any atom is -0.223 e. The zero-order valence-corrected chi connectivity index (χ0v) is 20.6. The van der Waals surface area contributed by atoms with Crippen LogP contribution < -0.4 is 0 Å². The molecule has 0 unspecified atom stereocenters. The second-order valence-corrected chi connectivity index (χ2v) is 8.97. The van der Waals surface area contributed by atoms with Gasteiger partial charge < -0.3 is 0 Å². The van der Waals surface area contributed by atoms with Gasteiger partial charge in [0.25, 0.3) is 0 Å². The summed E-state index contributed by atoms with van der Waals surface area (Å²) >= 11 is 0. The maximum atomic E-state index is 15.1. The van der Waals surface area contributed by atoms with Crippen molar-refractivity contribution in [2.24, 2.45) is 0 Å². The molecule has 0 aliphatic heterocycles. The van der Waals surface area contributed by atoms with Crippen LogP contribution in [0.1, 0.15) is 22.8 Å². The third kappa shape index (κ3) is 4.55. The number of hydrogen-bond acceptors (Lipinski definition) is 8. The van der Waals surface area contributed by atoms with E-state index in [0.29, 0.717) is 0 Å². The van der Waals surface area contributed by atoms with Crippen LogP contribution in [0.25, 0.3) is 55.4 Å². The summed E-state index contributed by atoms with van der Waals surface area (Å²) < 4.78 is 220. The SMILES string of the molecule is Fc1c(F)c(F)c2c3nc4nc(C(F)(F)F)c(C(F)(F)F)nc4nc3c3nc4nc(C(F)(F)F)c(C(F)(F)F)nc4nc3c2c1F. The summed E-state index contributed by atoms with van der Waals surface area (Å²) in [5.74, 6) is -9.88. The van der Waals surface area contributed by atoms with E-state index in [1.54, 1.807) is 0 Å². The Bertz CT molecular complexity index is 2150. The van der Waals surface area contributed by atoms with E-state index in [1.165, 1.54) is 0 Å². The van der Waals surface area contributed by atoms with E-state index in [-0.39, 0.29) is 0 Å². The molecule has 0 radical (unpaired) electrons. The molecule has 0 N–H and O–H groups in total. The van der Waals surface area contributed by atoms with Crippen LogP contribution in [-0.4, -0.2) is 39.9 Å². The van der Waals surface area contributed by atoms with Crippen LogP contribution in [0.4, 0.5) is 70.2 Å². The molecule has 0 amide bonds. The standard InChI is InChI=1S/C22F16N8/c23-3-1-2(4(24)6(26)5(3)25)8-10(42-18-16(40-8)44-12(20(30,31)32)14(46-18)22(36,37)38)9-7(1)39-15-17(41-9)45-13(21(33,34)35)11(43-15)19(27,28)29. The zero-order chi connectivity index (χ0) is 34.0. The lowest BCUT2D eigenvalue weighted by molar-refractivity contribution is -0.167. The summed E-state index contributed by atoms with van der Waals surface area (Å²) in [5, 5.41) is -3.07. The van der Waals surface area contributed by atoms with Crippen LogP contribution in [0.5, 0.6) is 0 Å². The molecular weight excluding hydrogens is 680 g/mol. The lowest BCUT2D eigenvalue weighted by Gasteiger charge is -2.16. The van der Waals surface area contributed by atoms with Gasteiger partial charge in [0.05, 0.1) is 10.8 Å². The second kappa shape index (κ2) is 9.24. The Kier molecular flexibility index (Phi) is 6.22. The van der Waals surface area contributed by atoms with Gasteiger partial charge >= 0.3 is 24.7 Å². The van der Waals surface area contributed by atoms with Crippen LogP contribution in [-0.2, 0) is 24.7 Å². The summed E-state index contributed by atoms with van der Waals surface area (Å²) in [4.78, 5) is 24.5. The molecule has 0 spiro atoms. The fourth-order valence-corrected chi connectivity index (χ4v) is 4.32. The second-order valence-electron chi connectivity index (χ2n) is 8.97. The summed E-state index contributed by atoms with van der Waals surface area (Å²) in [6, 6.07) is 0. The van der Waals surface area contributed by atoms with E-state index in [4.69, 9.17) is 0 Å². The number of nitrogens with zero attached hydrogens (tertiary/aromatic N) is 8. The molecule has 6 aromatic rings. The molecule has 0 aliphatic carbocycles. The molecule has 0 aliphatic rings. The molecule has 0 bridgehead atoms. The molecule has 0 atom stereocenters. The van der Waals surface area contributed by atoms with Gasteiger partial charge in [0.1, 0.15) is 22.1 Å². The van der Waals surface area contributed by atoms with E-state index in [0.717, 1.165) is 0 Å². The smallest absolute Gasteiger partial charge is 0.223 e. The van der Waals surface area contributed by atoms with Gasteiger partial charge in [0, 0.05) is 0 Å². The molecule has 46 heavy (non-hydrogen) atoms. The lowest BCUT2D eigenvalue weighted by atomic mass is 10.0. The summed E-state index contributed by atoms with van der Waals surface area (Å²) in [5.41, 5.74) is -21.5. The number of aromatic nitrogens is 8. The molecule has 0 fully saturated rings. The van der Waals surface area contributed by atoms with Crippen LogP contribution in [0.3, 0.4) is 0 Å². The highest BCUT2D eigenvalue weighted by Gasteiger charge is 2.48. The lowest BCUT2D eigenvalue weighted by Crippen LogP contribution is -2.21. The van der Waals surface area contributed by atoms with Crippen LogP contribution in [0.15, 0.2) is 0 Å². The first-order valence-corrected chi connectivity index (χ1v) is 11.4. The van der Waals surface area contributed by atoms with Crippen LogP contribution in [0.2, 0.25) is 0 Å². The maximum Gasteiger partial charge on any atom is 0.435 e. The third-order valence-electron chi connectivity index (χ3n) is 6.08. The average Bonchev–Trinajstić information content (AvgIpc) is 2.93. The minimum atomic E-state index is -5.85. The van der Waals surface area contributed by atoms with Gasteiger partial charge in [-0.15, -0.1) is 0 Å². The number of benzene rings is 2. The summed E-state index contributed by atoms with van der Waals surface area (Å²) in [6.45, 7) is 0. The van der Waals surface area contributed by atoms with Crippen molar-refractivity contribution in [3.05, 3.63) is 46.0 Å². The highest BCUT2D eigenvalue weighted by molar-refractivity contribution is 6.22. The molecule has 8 nitrogen and oxygen atoms in total. The topological polar surface area (TPSA) is 103 Å². The highest BCUT2D eigenvalue weighted by atomic mass is 19.4. The van der Waals surface area contributed by atoms with Crippen molar-refractivity contribution in [3.8, 4) is 0 Å². The van der Waals surface area contributed by atoms with E-state index in [1.807, 2.05) is 0 Å².